The molecule has 4 nitrogen and oxygen atoms in total. The molecule has 1 aromatic rings. The summed E-state index contributed by atoms with van der Waals surface area (Å²) in [5.41, 5.74) is 2.26. The third-order valence-electron chi connectivity index (χ3n) is 4.69. The second-order valence-corrected chi connectivity index (χ2v) is 6.00. The second kappa shape index (κ2) is 7.02. The molecule has 1 fully saturated rings. The molecule has 0 bridgehead atoms. The first kappa shape index (κ1) is 15.2. The van der Waals surface area contributed by atoms with E-state index >= 15 is 0 Å². The summed E-state index contributed by atoms with van der Waals surface area (Å²) in [7, 11) is 4.09. The average molecular weight is 276 g/mol. The SMILES string of the molecule is CCC1CCC(N(C)c2ncc(CNC)c(C)n2)CC1. The highest BCUT2D eigenvalue weighted by molar-refractivity contribution is 5.33. The lowest BCUT2D eigenvalue weighted by atomic mass is 9.84. The van der Waals surface area contributed by atoms with E-state index in [9.17, 15) is 0 Å². The van der Waals surface area contributed by atoms with Gasteiger partial charge in [-0.3, -0.25) is 0 Å². The fraction of sp³-hybridized carbons (Fsp3) is 0.750. The molecule has 0 radical (unpaired) electrons. The molecule has 2 rings (SSSR count). The van der Waals surface area contributed by atoms with Gasteiger partial charge >= 0.3 is 0 Å². The van der Waals surface area contributed by atoms with Crippen molar-refractivity contribution in [2.75, 3.05) is 19.0 Å². The van der Waals surface area contributed by atoms with E-state index in [2.05, 4.69) is 41.1 Å². The van der Waals surface area contributed by atoms with Gasteiger partial charge in [0.15, 0.2) is 0 Å². The van der Waals surface area contributed by atoms with E-state index in [1.165, 1.54) is 37.7 Å². The van der Waals surface area contributed by atoms with Crippen LogP contribution in [0.5, 0.6) is 0 Å². The first-order chi connectivity index (χ1) is 9.65. The van der Waals surface area contributed by atoms with E-state index in [4.69, 9.17) is 0 Å². The maximum atomic E-state index is 4.68. The van der Waals surface area contributed by atoms with E-state index in [1.807, 2.05) is 13.2 Å². The van der Waals surface area contributed by atoms with Gasteiger partial charge in [-0.2, -0.15) is 0 Å². The minimum absolute atomic E-state index is 0.604. The molecule has 1 aliphatic rings. The summed E-state index contributed by atoms with van der Waals surface area (Å²) in [6.45, 7) is 5.21. The van der Waals surface area contributed by atoms with Crippen LogP contribution in [0, 0.1) is 12.8 Å². The fourth-order valence-corrected chi connectivity index (χ4v) is 3.12. The van der Waals surface area contributed by atoms with Gasteiger partial charge in [0.05, 0.1) is 0 Å². The summed E-state index contributed by atoms with van der Waals surface area (Å²) in [6.07, 6.45) is 8.53. The lowest BCUT2D eigenvalue weighted by molar-refractivity contribution is 0.312. The third-order valence-corrected chi connectivity index (χ3v) is 4.69. The molecule has 1 aromatic heterocycles. The lowest BCUT2D eigenvalue weighted by Gasteiger charge is -2.34. The predicted molar refractivity (Wildman–Crippen MR) is 84.0 cm³/mol. The Morgan fingerprint density at radius 1 is 1.30 bits per heavy atom. The normalized spacial score (nSPS) is 22.8. The molecule has 0 unspecified atom stereocenters. The number of nitrogens with zero attached hydrogens (tertiary/aromatic N) is 3. The van der Waals surface area contributed by atoms with Crippen molar-refractivity contribution in [2.45, 2.75) is 58.5 Å². The van der Waals surface area contributed by atoms with Crippen LogP contribution in [0.25, 0.3) is 0 Å². The van der Waals surface area contributed by atoms with Gasteiger partial charge in [-0.05, 0) is 45.6 Å². The Bertz CT molecular complexity index is 424. The van der Waals surface area contributed by atoms with Crippen molar-refractivity contribution in [2.24, 2.45) is 5.92 Å². The fourth-order valence-electron chi connectivity index (χ4n) is 3.12. The highest BCUT2D eigenvalue weighted by Crippen LogP contribution is 2.30. The monoisotopic (exact) mass is 276 g/mol. The number of nitrogens with one attached hydrogen (secondary N) is 1. The first-order valence-electron chi connectivity index (χ1n) is 7.85. The van der Waals surface area contributed by atoms with Gasteiger partial charge in [-0.25, -0.2) is 9.97 Å². The Balaban J connectivity index is 2.02. The highest BCUT2D eigenvalue weighted by Gasteiger charge is 2.24. The zero-order chi connectivity index (χ0) is 14.5. The molecule has 0 aliphatic heterocycles. The summed E-state index contributed by atoms with van der Waals surface area (Å²) < 4.78 is 0. The number of aromatic nitrogens is 2. The molecular weight excluding hydrogens is 248 g/mol. The van der Waals surface area contributed by atoms with Gasteiger partial charge in [0.2, 0.25) is 5.95 Å². The van der Waals surface area contributed by atoms with Crippen LogP contribution in [0.1, 0.15) is 50.3 Å². The Morgan fingerprint density at radius 3 is 2.55 bits per heavy atom. The van der Waals surface area contributed by atoms with Crippen LogP contribution in [0.15, 0.2) is 6.20 Å². The maximum Gasteiger partial charge on any atom is 0.225 e. The topological polar surface area (TPSA) is 41.1 Å². The van der Waals surface area contributed by atoms with Crippen LogP contribution in [-0.2, 0) is 6.54 Å². The van der Waals surface area contributed by atoms with Crippen LogP contribution in [0.2, 0.25) is 0 Å². The summed E-state index contributed by atoms with van der Waals surface area (Å²) in [6, 6.07) is 0.604. The quantitative estimate of drug-likeness (QED) is 0.898. The molecule has 4 heteroatoms. The van der Waals surface area contributed by atoms with Crippen molar-refractivity contribution in [1.29, 1.82) is 0 Å². The number of hydrogen-bond acceptors (Lipinski definition) is 4. The minimum atomic E-state index is 0.604. The van der Waals surface area contributed by atoms with E-state index in [1.54, 1.807) is 0 Å². The molecule has 0 aromatic carbocycles. The van der Waals surface area contributed by atoms with Crippen molar-refractivity contribution in [3.63, 3.8) is 0 Å². The van der Waals surface area contributed by atoms with Crippen LogP contribution in [-0.4, -0.2) is 30.1 Å². The molecule has 20 heavy (non-hydrogen) atoms. The standard InChI is InChI=1S/C16H28N4/c1-5-13-6-8-15(9-7-13)20(4)16-18-11-14(10-17-3)12(2)19-16/h11,13,15,17H,5-10H2,1-4H3. The zero-order valence-electron chi connectivity index (χ0n) is 13.3. The van der Waals surface area contributed by atoms with Crippen molar-refractivity contribution in [3.05, 3.63) is 17.5 Å². The molecule has 1 saturated carbocycles. The predicted octanol–water partition coefficient (Wildman–Crippen LogP) is 2.91. The largest absolute Gasteiger partial charge is 0.341 e. The molecule has 0 saturated heterocycles. The number of rotatable bonds is 5. The van der Waals surface area contributed by atoms with Crippen molar-refractivity contribution in [1.82, 2.24) is 15.3 Å². The van der Waals surface area contributed by atoms with Crippen LogP contribution in [0.4, 0.5) is 5.95 Å². The van der Waals surface area contributed by atoms with Crippen molar-refractivity contribution >= 4 is 5.95 Å². The van der Waals surface area contributed by atoms with Crippen LogP contribution >= 0.6 is 0 Å². The maximum absolute atomic E-state index is 4.68. The third kappa shape index (κ3) is 3.48. The number of anilines is 1. The second-order valence-electron chi connectivity index (χ2n) is 6.00. The number of hydrogen-bond donors (Lipinski definition) is 1. The van der Waals surface area contributed by atoms with Gasteiger partial charge in [0.25, 0.3) is 0 Å². The summed E-state index contributed by atoms with van der Waals surface area (Å²) in [4.78, 5) is 11.5. The molecule has 0 amide bonds. The van der Waals surface area contributed by atoms with Crippen molar-refractivity contribution < 1.29 is 0 Å². The lowest BCUT2D eigenvalue weighted by Crippen LogP contribution is -2.36. The van der Waals surface area contributed by atoms with Crippen LogP contribution in [0.3, 0.4) is 0 Å². The van der Waals surface area contributed by atoms with Gasteiger partial charge in [-0.15, -0.1) is 0 Å². The Hall–Kier alpha value is -1.16. The Kier molecular flexibility index (Phi) is 5.35. The van der Waals surface area contributed by atoms with Gasteiger partial charge < -0.3 is 10.2 Å². The van der Waals surface area contributed by atoms with Gasteiger partial charge in [-0.1, -0.05) is 13.3 Å². The zero-order valence-corrected chi connectivity index (χ0v) is 13.3. The molecule has 112 valence electrons. The van der Waals surface area contributed by atoms with Gasteiger partial charge in [0, 0.05) is 37.1 Å². The van der Waals surface area contributed by atoms with Crippen molar-refractivity contribution in [3.8, 4) is 0 Å². The van der Waals surface area contributed by atoms with Gasteiger partial charge in [0.1, 0.15) is 0 Å². The summed E-state index contributed by atoms with van der Waals surface area (Å²) in [5.74, 6) is 1.81. The molecule has 1 N–H and O–H groups in total. The van der Waals surface area contributed by atoms with E-state index in [0.717, 1.165) is 24.1 Å². The smallest absolute Gasteiger partial charge is 0.225 e. The summed E-state index contributed by atoms with van der Waals surface area (Å²) in [5, 5.41) is 3.15. The average Bonchev–Trinajstić information content (AvgIpc) is 2.49. The molecule has 1 heterocycles. The first-order valence-corrected chi connectivity index (χ1v) is 7.85. The Labute approximate surface area is 123 Å². The van der Waals surface area contributed by atoms with E-state index in [-0.39, 0.29) is 0 Å². The molecule has 0 atom stereocenters. The van der Waals surface area contributed by atoms with E-state index in [0.29, 0.717) is 6.04 Å². The molecular formula is C16H28N4. The van der Waals surface area contributed by atoms with Crippen LogP contribution < -0.4 is 10.2 Å². The highest BCUT2D eigenvalue weighted by atomic mass is 15.3. The number of aryl methyl sites for hydroxylation is 1. The Morgan fingerprint density at radius 2 is 2.00 bits per heavy atom. The van der Waals surface area contributed by atoms with E-state index < -0.39 is 0 Å². The summed E-state index contributed by atoms with van der Waals surface area (Å²) >= 11 is 0. The molecule has 0 spiro atoms. The minimum Gasteiger partial charge on any atom is -0.341 e. The molecule has 1 aliphatic carbocycles.